The van der Waals surface area contributed by atoms with Crippen LogP contribution in [0.15, 0.2) is 24.7 Å². The lowest BCUT2D eigenvalue weighted by atomic mass is 9.91. The molecule has 0 saturated carbocycles. The van der Waals surface area contributed by atoms with Gasteiger partial charge in [-0.25, -0.2) is 4.98 Å². The van der Waals surface area contributed by atoms with Crippen molar-refractivity contribution >= 4 is 11.5 Å². The molecule has 1 aliphatic rings. The van der Waals surface area contributed by atoms with E-state index in [1.165, 1.54) is 0 Å². The molecule has 1 saturated heterocycles. The van der Waals surface area contributed by atoms with E-state index in [2.05, 4.69) is 25.9 Å². The van der Waals surface area contributed by atoms with E-state index < -0.39 is 0 Å². The Kier molecular flexibility index (Phi) is 3.91. The molecule has 2 atom stereocenters. The van der Waals surface area contributed by atoms with Crippen LogP contribution in [0.5, 0.6) is 0 Å². The maximum Gasteiger partial charge on any atom is 0.165 e. The number of aromatic amines is 1. The molecule has 126 valence electrons. The highest BCUT2D eigenvalue weighted by Gasteiger charge is 2.24. The van der Waals surface area contributed by atoms with Crippen molar-refractivity contribution in [3.8, 4) is 11.1 Å². The minimum atomic E-state index is 0.373. The summed E-state index contributed by atoms with van der Waals surface area (Å²) in [6.45, 7) is 1.92. The van der Waals surface area contributed by atoms with E-state index in [1.54, 1.807) is 16.9 Å². The third-order valence-corrected chi connectivity index (χ3v) is 4.71. The first-order valence-corrected chi connectivity index (χ1v) is 8.27. The molecule has 4 heterocycles. The number of anilines is 1. The molecular weight excluding hydrogens is 304 g/mol. The molecular formula is C16H22N8. The van der Waals surface area contributed by atoms with Gasteiger partial charge < -0.3 is 16.4 Å². The van der Waals surface area contributed by atoms with Gasteiger partial charge in [-0.05, 0) is 19.9 Å². The second kappa shape index (κ2) is 6.21. The molecule has 8 nitrogen and oxygen atoms in total. The predicted octanol–water partition coefficient (Wildman–Crippen LogP) is 0.757. The van der Waals surface area contributed by atoms with Crippen molar-refractivity contribution < 1.29 is 0 Å². The molecule has 5 N–H and O–H groups in total. The Hall–Kier alpha value is -2.45. The van der Waals surface area contributed by atoms with E-state index in [9.17, 15) is 0 Å². The second-order valence-electron chi connectivity index (χ2n) is 6.32. The lowest BCUT2D eigenvalue weighted by Gasteiger charge is -2.29. The first-order chi connectivity index (χ1) is 11.8. The molecule has 1 fully saturated rings. The molecule has 0 radical (unpaired) electrons. The second-order valence-corrected chi connectivity index (χ2v) is 6.32. The van der Waals surface area contributed by atoms with E-state index >= 15 is 0 Å². The quantitative estimate of drug-likeness (QED) is 0.563. The molecule has 1 aliphatic heterocycles. The summed E-state index contributed by atoms with van der Waals surface area (Å²) < 4.78 is 1.69. The number of aromatic nitrogens is 5. The standard InChI is InChI=1S/C16H22N8/c1-18-8-12-3-2-10(5-19-12)14-4-15(17)24-16(23-14)13(9-22-24)11-6-20-21-7-11/h4,6-7,9-10,12,18-19H,2-3,5,8,17H2,1H3,(H,20,21)/t10-,12-/m0/s1. The van der Waals surface area contributed by atoms with E-state index in [1.807, 2.05) is 19.3 Å². The number of nitrogens with two attached hydrogens (primary N) is 1. The Morgan fingerprint density at radius 3 is 3.00 bits per heavy atom. The number of piperidine rings is 1. The molecule has 4 rings (SSSR count). The van der Waals surface area contributed by atoms with E-state index in [0.717, 1.165) is 48.4 Å². The minimum Gasteiger partial charge on any atom is -0.384 e. The zero-order chi connectivity index (χ0) is 16.5. The number of nitrogen functional groups attached to an aromatic ring is 1. The lowest BCUT2D eigenvalue weighted by Crippen LogP contribution is -2.43. The molecule has 3 aromatic heterocycles. The predicted molar refractivity (Wildman–Crippen MR) is 92.7 cm³/mol. The summed E-state index contributed by atoms with van der Waals surface area (Å²) in [4.78, 5) is 4.87. The van der Waals surface area contributed by atoms with Crippen molar-refractivity contribution in [1.82, 2.24) is 35.4 Å². The van der Waals surface area contributed by atoms with Gasteiger partial charge in [0.05, 0.1) is 18.1 Å². The van der Waals surface area contributed by atoms with Crippen LogP contribution in [0.4, 0.5) is 5.82 Å². The summed E-state index contributed by atoms with van der Waals surface area (Å²) in [5, 5.41) is 18.0. The number of hydrogen-bond acceptors (Lipinski definition) is 6. The molecule has 0 unspecified atom stereocenters. The highest BCUT2D eigenvalue weighted by atomic mass is 15.3. The van der Waals surface area contributed by atoms with Gasteiger partial charge in [-0.15, -0.1) is 0 Å². The summed E-state index contributed by atoms with van der Waals surface area (Å²) >= 11 is 0. The Bertz CT molecular complexity index is 814. The normalized spacial score (nSPS) is 21.4. The van der Waals surface area contributed by atoms with Crippen molar-refractivity contribution in [2.24, 2.45) is 0 Å². The molecule has 0 aliphatic carbocycles. The van der Waals surface area contributed by atoms with Gasteiger partial charge in [0.2, 0.25) is 0 Å². The van der Waals surface area contributed by atoms with Crippen LogP contribution in [0, 0.1) is 0 Å². The fraction of sp³-hybridized carbons (Fsp3) is 0.438. The van der Waals surface area contributed by atoms with Gasteiger partial charge in [0.15, 0.2) is 5.65 Å². The van der Waals surface area contributed by atoms with Crippen LogP contribution in [0.25, 0.3) is 16.8 Å². The number of hydrogen-bond donors (Lipinski definition) is 4. The van der Waals surface area contributed by atoms with E-state index in [-0.39, 0.29) is 0 Å². The Morgan fingerprint density at radius 1 is 1.38 bits per heavy atom. The van der Waals surface area contributed by atoms with Gasteiger partial charge in [-0.2, -0.15) is 14.7 Å². The third kappa shape index (κ3) is 2.63. The molecule has 0 bridgehead atoms. The summed E-state index contributed by atoms with van der Waals surface area (Å²) in [5.41, 5.74) is 9.92. The summed E-state index contributed by atoms with van der Waals surface area (Å²) in [6, 6.07) is 2.48. The smallest absolute Gasteiger partial charge is 0.165 e. The fourth-order valence-electron chi connectivity index (χ4n) is 3.41. The number of H-pyrrole nitrogens is 1. The van der Waals surface area contributed by atoms with Gasteiger partial charge in [0.1, 0.15) is 5.82 Å². The van der Waals surface area contributed by atoms with Crippen molar-refractivity contribution in [3.63, 3.8) is 0 Å². The molecule has 3 aromatic rings. The highest BCUT2D eigenvalue weighted by Crippen LogP contribution is 2.29. The highest BCUT2D eigenvalue weighted by molar-refractivity contribution is 5.77. The monoisotopic (exact) mass is 326 g/mol. The van der Waals surface area contributed by atoms with Gasteiger partial charge in [0, 0.05) is 48.4 Å². The van der Waals surface area contributed by atoms with Crippen LogP contribution in [0.2, 0.25) is 0 Å². The molecule has 8 heteroatoms. The summed E-state index contributed by atoms with van der Waals surface area (Å²) in [5.74, 6) is 0.986. The molecule has 0 aromatic carbocycles. The number of nitrogens with one attached hydrogen (secondary N) is 3. The van der Waals surface area contributed by atoms with Crippen LogP contribution in [-0.2, 0) is 0 Å². The van der Waals surface area contributed by atoms with Crippen molar-refractivity contribution in [3.05, 3.63) is 30.4 Å². The minimum absolute atomic E-state index is 0.373. The number of fused-ring (bicyclic) bond motifs is 1. The van der Waals surface area contributed by atoms with Crippen molar-refractivity contribution in [2.75, 3.05) is 25.9 Å². The number of likely N-dealkylation sites (N-methyl/N-ethyl adjacent to an activating group) is 1. The molecule has 0 amide bonds. The lowest BCUT2D eigenvalue weighted by molar-refractivity contribution is 0.356. The van der Waals surface area contributed by atoms with Crippen LogP contribution in [-0.4, -0.2) is 51.0 Å². The Labute approximate surface area is 139 Å². The Balaban J connectivity index is 1.66. The largest absolute Gasteiger partial charge is 0.384 e. The molecule has 0 spiro atoms. The Morgan fingerprint density at radius 2 is 2.29 bits per heavy atom. The maximum atomic E-state index is 6.21. The molecule has 24 heavy (non-hydrogen) atoms. The number of rotatable bonds is 4. The van der Waals surface area contributed by atoms with Gasteiger partial charge in [-0.1, -0.05) is 0 Å². The van der Waals surface area contributed by atoms with Crippen LogP contribution >= 0.6 is 0 Å². The van der Waals surface area contributed by atoms with Gasteiger partial charge in [-0.3, -0.25) is 5.10 Å². The van der Waals surface area contributed by atoms with E-state index in [4.69, 9.17) is 10.7 Å². The number of nitrogens with zero attached hydrogens (tertiary/aromatic N) is 4. The zero-order valence-electron chi connectivity index (χ0n) is 13.7. The summed E-state index contributed by atoms with van der Waals surface area (Å²) in [6.07, 6.45) is 7.64. The van der Waals surface area contributed by atoms with Gasteiger partial charge >= 0.3 is 0 Å². The third-order valence-electron chi connectivity index (χ3n) is 4.71. The van der Waals surface area contributed by atoms with Crippen LogP contribution < -0.4 is 16.4 Å². The zero-order valence-corrected chi connectivity index (χ0v) is 13.7. The first kappa shape index (κ1) is 15.1. The van der Waals surface area contributed by atoms with Gasteiger partial charge in [0.25, 0.3) is 0 Å². The summed E-state index contributed by atoms with van der Waals surface area (Å²) in [7, 11) is 1.99. The fourth-order valence-corrected chi connectivity index (χ4v) is 3.41. The average Bonchev–Trinajstić information content (AvgIpc) is 3.25. The van der Waals surface area contributed by atoms with Crippen molar-refractivity contribution in [1.29, 1.82) is 0 Å². The van der Waals surface area contributed by atoms with Crippen molar-refractivity contribution in [2.45, 2.75) is 24.8 Å². The topological polar surface area (TPSA) is 109 Å². The van der Waals surface area contributed by atoms with E-state index in [0.29, 0.717) is 17.8 Å². The average molecular weight is 326 g/mol. The SMILES string of the molecule is CNC[C@@H]1CC[C@H](c2cc(N)n3ncc(-c4cn[nH]c4)c3n2)CN1. The first-order valence-electron chi connectivity index (χ1n) is 8.27. The maximum absolute atomic E-state index is 6.21. The van der Waals surface area contributed by atoms with Crippen LogP contribution in [0.3, 0.4) is 0 Å². The van der Waals surface area contributed by atoms with Crippen LogP contribution in [0.1, 0.15) is 24.5 Å².